The SMILES string of the molecule is Cc1cc(=O)n(C)c(C(C)C)c1C(C)(C)C. The Balaban J connectivity index is 3.72. The molecule has 2 heteroatoms. The molecule has 0 N–H and O–H groups in total. The first-order valence-electron chi connectivity index (χ1n) is 5.87. The van der Waals surface area contributed by atoms with Gasteiger partial charge >= 0.3 is 0 Å². The molecule has 1 aromatic rings. The van der Waals surface area contributed by atoms with Crippen molar-refractivity contribution in [2.75, 3.05) is 0 Å². The third-order valence-corrected chi connectivity index (χ3v) is 2.98. The van der Waals surface area contributed by atoms with Gasteiger partial charge in [-0.05, 0) is 29.4 Å². The summed E-state index contributed by atoms with van der Waals surface area (Å²) >= 11 is 0. The number of rotatable bonds is 1. The highest BCUT2D eigenvalue weighted by Gasteiger charge is 2.24. The zero-order chi connectivity index (χ0) is 12.7. The molecule has 0 bridgehead atoms. The van der Waals surface area contributed by atoms with E-state index in [4.69, 9.17) is 0 Å². The predicted octanol–water partition coefficient (Wildman–Crippen LogP) is 3.11. The van der Waals surface area contributed by atoms with Crippen molar-refractivity contribution < 1.29 is 0 Å². The summed E-state index contributed by atoms with van der Waals surface area (Å²) in [5.41, 5.74) is 3.76. The van der Waals surface area contributed by atoms with Gasteiger partial charge in [0.2, 0.25) is 0 Å². The third kappa shape index (κ3) is 2.21. The smallest absolute Gasteiger partial charge is 0.250 e. The van der Waals surface area contributed by atoms with Gasteiger partial charge in [-0.3, -0.25) is 4.79 Å². The molecular formula is C14H23NO. The second-order valence-corrected chi connectivity index (χ2v) is 5.89. The van der Waals surface area contributed by atoms with Gasteiger partial charge in [-0.15, -0.1) is 0 Å². The van der Waals surface area contributed by atoms with Gasteiger partial charge in [0, 0.05) is 18.8 Å². The molecule has 90 valence electrons. The van der Waals surface area contributed by atoms with Gasteiger partial charge in [0.25, 0.3) is 5.56 Å². The molecule has 0 unspecified atom stereocenters. The lowest BCUT2D eigenvalue weighted by Crippen LogP contribution is -2.28. The molecule has 1 rings (SSSR count). The van der Waals surface area contributed by atoms with Crippen LogP contribution in [0.5, 0.6) is 0 Å². The molecule has 0 saturated carbocycles. The summed E-state index contributed by atoms with van der Waals surface area (Å²) in [6.45, 7) is 12.9. The predicted molar refractivity (Wildman–Crippen MR) is 69.2 cm³/mol. The average Bonchev–Trinajstić information content (AvgIpc) is 2.07. The molecule has 0 aliphatic rings. The summed E-state index contributed by atoms with van der Waals surface area (Å²) in [5.74, 6) is 0.367. The Morgan fingerprint density at radius 1 is 1.25 bits per heavy atom. The van der Waals surface area contributed by atoms with Crippen LogP contribution in [0.4, 0.5) is 0 Å². The summed E-state index contributed by atoms with van der Waals surface area (Å²) in [4.78, 5) is 11.8. The molecule has 0 amide bonds. The Kier molecular flexibility index (Phi) is 3.32. The molecule has 0 aromatic carbocycles. The molecule has 2 nitrogen and oxygen atoms in total. The van der Waals surface area contributed by atoms with E-state index in [0.29, 0.717) is 5.92 Å². The minimum atomic E-state index is 0.0785. The van der Waals surface area contributed by atoms with Crippen LogP contribution in [0.2, 0.25) is 0 Å². The van der Waals surface area contributed by atoms with E-state index in [0.717, 1.165) is 11.3 Å². The zero-order valence-electron chi connectivity index (χ0n) is 11.5. The van der Waals surface area contributed by atoms with Gasteiger partial charge in [-0.25, -0.2) is 0 Å². The Morgan fingerprint density at radius 2 is 1.75 bits per heavy atom. The topological polar surface area (TPSA) is 22.0 Å². The van der Waals surface area contributed by atoms with Gasteiger partial charge in [0.15, 0.2) is 0 Å². The Hall–Kier alpha value is -1.05. The highest BCUT2D eigenvalue weighted by Crippen LogP contribution is 2.31. The zero-order valence-corrected chi connectivity index (χ0v) is 11.5. The summed E-state index contributed by atoms with van der Waals surface area (Å²) in [6, 6.07) is 1.74. The van der Waals surface area contributed by atoms with Crippen molar-refractivity contribution in [2.45, 2.75) is 52.9 Å². The first kappa shape index (κ1) is 13.0. The first-order chi connectivity index (χ1) is 7.16. The number of pyridine rings is 1. The van der Waals surface area contributed by atoms with E-state index < -0.39 is 0 Å². The van der Waals surface area contributed by atoms with Gasteiger partial charge in [0.1, 0.15) is 0 Å². The number of hydrogen-bond acceptors (Lipinski definition) is 1. The van der Waals surface area contributed by atoms with E-state index in [1.165, 1.54) is 5.56 Å². The Labute approximate surface area is 98.3 Å². The molecule has 16 heavy (non-hydrogen) atoms. The van der Waals surface area contributed by atoms with Gasteiger partial charge in [-0.1, -0.05) is 34.6 Å². The highest BCUT2D eigenvalue weighted by atomic mass is 16.1. The van der Waals surface area contributed by atoms with Crippen LogP contribution in [-0.4, -0.2) is 4.57 Å². The van der Waals surface area contributed by atoms with Crippen molar-refractivity contribution in [3.8, 4) is 0 Å². The molecular weight excluding hydrogens is 198 g/mol. The van der Waals surface area contributed by atoms with Crippen molar-refractivity contribution in [3.63, 3.8) is 0 Å². The number of aromatic nitrogens is 1. The van der Waals surface area contributed by atoms with Crippen molar-refractivity contribution in [1.29, 1.82) is 0 Å². The van der Waals surface area contributed by atoms with Crippen molar-refractivity contribution in [3.05, 3.63) is 33.2 Å². The maximum absolute atomic E-state index is 11.8. The van der Waals surface area contributed by atoms with Crippen LogP contribution in [0, 0.1) is 6.92 Å². The summed E-state index contributed by atoms with van der Waals surface area (Å²) < 4.78 is 1.79. The lowest BCUT2D eigenvalue weighted by Gasteiger charge is -2.28. The van der Waals surface area contributed by atoms with E-state index in [1.54, 1.807) is 10.6 Å². The normalized spacial score (nSPS) is 12.2. The summed E-state index contributed by atoms with van der Waals surface area (Å²) in [6.07, 6.45) is 0. The van der Waals surface area contributed by atoms with E-state index in [9.17, 15) is 4.79 Å². The summed E-state index contributed by atoms with van der Waals surface area (Å²) in [5, 5.41) is 0. The van der Waals surface area contributed by atoms with Gasteiger partial charge in [0.05, 0.1) is 0 Å². The van der Waals surface area contributed by atoms with Crippen molar-refractivity contribution in [1.82, 2.24) is 4.57 Å². The maximum Gasteiger partial charge on any atom is 0.250 e. The Bertz CT molecular complexity index is 447. The van der Waals surface area contributed by atoms with Gasteiger partial charge < -0.3 is 4.57 Å². The standard InChI is InChI=1S/C14H23NO/c1-9(2)13-12(14(4,5)6)10(3)8-11(16)15(13)7/h8-9H,1-7H3. The summed E-state index contributed by atoms with van der Waals surface area (Å²) in [7, 11) is 1.87. The van der Waals surface area contributed by atoms with Crippen LogP contribution < -0.4 is 5.56 Å². The lowest BCUT2D eigenvalue weighted by molar-refractivity contribution is 0.549. The van der Waals surface area contributed by atoms with Crippen LogP contribution in [0.3, 0.4) is 0 Å². The quantitative estimate of drug-likeness (QED) is 0.714. The number of aryl methyl sites for hydroxylation is 1. The van der Waals surface area contributed by atoms with Crippen LogP contribution in [-0.2, 0) is 12.5 Å². The van der Waals surface area contributed by atoms with Crippen molar-refractivity contribution in [2.24, 2.45) is 7.05 Å². The van der Waals surface area contributed by atoms with Gasteiger partial charge in [-0.2, -0.15) is 0 Å². The van der Waals surface area contributed by atoms with Crippen LogP contribution in [0.15, 0.2) is 10.9 Å². The molecule has 0 radical (unpaired) electrons. The highest BCUT2D eigenvalue weighted by molar-refractivity contribution is 5.37. The number of hydrogen-bond donors (Lipinski definition) is 0. The fraction of sp³-hybridized carbons (Fsp3) is 0.643. The molecule has 1 heterocycles. The minimum Gasteiger partial charge on any atom is -0.315 e. The monoisotopic (exact) mass is 221 g/mol. The Morgan fingerprint density at radius 3 is 2.12 bits per heavy atom. The molecule has 0 saturated heterocycles. The largest absolute Gasteiger partial charge is 0.315 e. The second kappa shape index (κ2) is 4.08. The fourth-order valence-corrected chi connectivity index (χ4v) is 2.49. The second-order valence-electron chi connectivity index (χ2n) is 5.89. The lowest BCUT2D eigenvalue weighted by atomic mass is 9.80. The fourth-order valence-electron chi connectivity index (χ4n) is 2.49. The maximum atomic E-state index is 11.8. The van der Waals surface area contributed by atoms with E-state index in [2.05, 4.69) is 34.6 Å². The minimum absolute atomic E-state index is 0.0785. The molecule has 0 atom stereocenters. The molecule has 0 aliphatic heterocycles. The first-order valence-corrected chi connectivity index (χ1v) is 5.87. The molecule has 0 fully saturated rings. The molecule has 0 aliphatic carbocycles. The van der Waals surface area contributed by atoms with E-state index in [-0.39, 0.29) is 11.0 Å². The van der Waals surface area contributed by atoms with Crippen molar-refractivity contribution >= 4 is 0 Å². The van der Waals surface area contributed by atoms with E-state index >= 15 is 0 Å². The molecule has 0 spiro atoms. The average molecular weight is 221 g/mol. The van der Waals surface area contributed by atoms with Crippen LogP contribution >= 0.6 is 0 Å². The third-order valence-electron chi connectivity index (χ3n) is 2.98. The van der Waals surface area contributed by atoms with Crippen LogP contribution in [0.1, 0.15) is 57.4 Å². The van der Waals surface area contributed by atoms with E-state index in [1.807, 2.05) is 14.0 Å². The molecule has 1 aromatic heterocycles. The number of nitrogens with zero attached hydrogens (tertiary/aromatic N) is 1. The van der Waals surface area contributed by atoms with Crippen LogP contribution in [0.25, 0.3) is 0 Å².